The molecule has 90 valence electrons. The van der Waals surface area contributed by atoms with Crippen molar-refractivity contribution in [3.8, 4) is 0 Å². The van der Waals surface area contributed by atoms with E-state index >= 15 is 0 Å². The van der Waals surface area contributed by atoms with Gasteiger partial charge in [-0.15, -0.1) is 0 Å². The van der Waals surface area contributed by atoms with Crippen LogP contribution in [0.25, 0.3) is 0 Å². The van der Waals surface area contributed by atoms with Crippen molar-refractivity contribution >= 4 is 15.9 Å². The van der Waals surface area contributed by atoms with Gasteiger partial charge >= 0.3 is 0 Å². The molecule has 0 fully saturated rings. The minimum absolute atomic E-state index is 0.322. The maximum Gasteiger partial charge on any atom is 0.137 e. The van der Waals surface area contributed by atoms with Crippen LogP contribution in [-0.4, -0.2) is 9.55 Å². The Labute approximate surface area is 107 Å². The molecule has 2 rings (SSSR count). The van der Waals surface area contributed by atoms with Crippen molar-refractivity contribution in [1.29, 1.82) is 0 Å². The average Bonchev–Trinajstić information content (AvgIpc) is 2.71. The molecule has 1 aromatic carbocycles. The Balaban J connectivity index is 2.42. The Hall–Kier alpha value is -1.24. The first-order valence-electron chi connectivity index (χ1n) is 5.01. The summed E-state index contributed by atoms with van der Waals surface area (Å²) in [7, 11) is 1.86. The van der Waals surface area contributed by atoms with Crippen LogP contribution in [0.1, 0.15) is 17.4 Å². The summed E-state index contributed by atoms with van der Waals surface area (Å²) in [5, 5.41) is 0. The van der Waals surface area contributed by atoms with Crippen LogP contribution in [0.2, 0.25) is 0 Å². The van der Waals surface area contributed by atoms with Gasteiger partial charge in [0.25, 0.3) is 0 Å². The lowest BCUT2D eigenvalue weighted by molar-refractivity contribution is 0.568. The van der Waals surface area contributed by atoms with Crippen molar-refractivity contribution in [2.24, 2.45) is 12.9 Å². The van der Waals surface area contributed by atoms with E-state index in [9.17, 15) is 4.39 Å². The van der Waals surface area contributed by atoms with Gasteiger partial charge in [-0.25, -0.2) is 14.8 Å². The van der Waals surface area contributed by atoms with Crippen LogP contribution >= 0.6 is 15.9 Å². The lowest BCUT2D eigenvalue weighted by atomic mass is 10.1. The van der Waals surface area contributed by atoms with Gasteiger partial charge in [0.15, 0.2) is 0 Å². The highest BCUT2D eigenvalue weighted by Crippen LogP contribution is 2.23. The van der Waals surface area contributed by atoms with Crippen LogP contribution in [0.3, 0.4) is 0 Å². The van der Waals surface area contributed by atoms with Gasteiger partial charge in [-0.3, -0.25) is 5.84 Å². The molecule has 0 saturated heterocycles. The number of aromatic nitrogens is 2. The molecule has 0 aliphatic carbocycles. The predicted octanol–water partition coefficient (Wildman–Crippen LogP) is 1.87. The second kappa shape index (κ2) is 4.95. The van der Waals surface area contributed by atoms with Crippen molar-refractivity contribution in [3.05, 3.63) is 52.3 Å². The summed E-state index contributed by atoms with van der Waals surface area (Å²) in [6.45, 7) is 0. The summed E-state index contributed by atoms with van der Waals surface area (Å²) >= 11 is 3.12. The van der Waals surface area contributed by atoms with E-state index in [2.05, 4.69) is 26.3 Å². The predicted molar refractivity (Wildman–Crippen MR) is 66.5 cm³/mol. The van der Waals surface area contributed by atoms with E-state index in [1.807, 2.05) is 17.8 Å². The minimum Gasteiger partial charge on any atom is -0.336 e. The number of hydrazine groups is 1. The fourth-order valence-electron chi connectivity index (χ4n) is 1.67. The zero-order valence-corrected chi connectivity index (χ0v) is 10.8. The van der Waals surface area contributed by atoms with Gasteiger partial charge in [-0.2, -0.15) is 0 Å². The molecule has 6 heteroatoms. The zero-order chi connectivity index (χ0) is 12.4. The van der Waals surface area contributed by atoms with Crippen molar-refractivity contribution < 1.29 is 4.39 Å². The van der Waals surface area contributed by atoms with Crippen LogP contribution in [0, 0.1) is 5.82 Å². The topological polar surface area (TPSA) is 55.9 Å². The first-order valence-corrected chi connectivity index (χ1v) is 5.81. The first kappa shape index (κ1) is 12.2. The van der Waals surface area contributed by atoms with Gasteiger partial charge in [-0.1, -0.05) is 6.07 Å². The molecule has 3 N–H and O–H groups in total. The fourth-order valence-corrected chi connectivity index (χ4v) is 1.91. The van der Waals surface area contributed by atoms with Crippen molar-refractivity contribution in [1.82, 2.24) is 15.0 Å². The number of halogens is 2. The molecule has 0 saturated carbocycles. The summed E-state index contributed by atoms with van der Waals surface area (Å²) in [5.41, 5.74) is 3.37. The summed E-state index contributed by atoms with van der Waals surface area (Å²) < 4.78 is 15.7. The highest BCUT2D eigenvalue weighted by molar-refractivity contribution is 9.10. The smallest absolute Gasteiger partial charge is 0.137 e. The fraction of sp³-hybridized carbons (Fsp3) is 0.182. The van der Waals surface area contributed by atoms with Gasteiger partial charge in [0.2, 0.25) is 0 Å². The van der Waals surface area contributed by atoms with Gasteiger partial charge in [0.1, 0.15) is 17.7 Å². The Morgan fingerprint density at radius 1 is 1.53 bits per heavy atom. The summed E-state index contributed by atoms with van der Waals surface area (Å²) in [6, 6.07) is 4.55. The zero-order valence-electron chi connectivity index (χ0n) is 9.19. The Morgan fingerprint density at radius 2 is 2.29 bits per heavy atom. The van der Waals surface area contributed by atoms with E-state index in [0.29, 0.717) is 4.47 Å². The maximum atomic E-state index is 13.5. The van der Waals surface area contributed by atoms with Crippen molar-refractivity contribution in [2.45, 2.75) is 6.04 Å². The number of benzene rings is 1. The number of nitrogens with two attached hydrogens (primary N) is 1. The summed E-state index contributed by atoms with van der Waals surface area (Å²) in [6.07, 6.45) is 3.49. The quantitative estimate of drug-likeness (QED) is 0.672. The van der Waals surface area contributed by atoms with Crippen molar-refractivity contribution in [3.63, 3.8) is 0 Å². The number of nitrogens with zero attached hydrogens (tertiary/aromatic N) is 2. The van der Waals surface area contributed by atoms with Crippen LogP contribution in [-0.2, 0) is 7.05 Å². The van der Waals surface area contributed by atoms with Crippen LogP contribution in [0.15, 0.2) is 35.1 Å². The van der Waals surface area contributed by atoms with E-state index in [4.69, 9.17) is 5.84 Å². The summed E-state index contributed by atoms with van der Waals surface area (Å²) in [5.74, 6) is 5.92. The van der Waals surface area contributed by atoms with E-state index in [1.54, 1.807) is 18.3 Å². The molecule has 1 unspecified atom stereocenters. The Kier molecular flexibility index (Phi) is 3.56. The average molecular weight is 299 g/mol. The largest absolute Gasteiger partial charge is 0.336 e. The minimum atomic E-state index is -0.336. The number of hydrogen-bond acceptors (Lipinski definition) is 3. The third-order valence-electron chi connectivity index (χ3n) is 2.56. The Morgan fingerprint density at radius 3 is 2.82 bits per heavy atom. The molecule has 0 bridgehead atoms. The van der Waals surface area contributed by atoms with Crippen molar-refractivity contribution in [2.75, 3.05) is 0 Å². The normalized spacial score (nSPS) is 12.7. The van der Waals surface area contributed by atoms with Crippen LogP contribution in [0.5, 0.6) is 0 Å². The molecule has 0 amide bonds. The van der Waals surface area contributed by atoms with E-state index in [1.165, 1.54) is 6.07 Å². The van der Waals surface area contributed by atoms with E-state index in [0.717, 1.165) is 11.4 Å². The van der Waals surface area contributed by atoms with Gasteiger partial charge in [0, 0.05) is 19.4 Å². The molecule has 1 aromatic heterocycles. The van der Waals surface area contributed by atoms with Gasteiger partial charge < -0.3 is 4.57 Å². The number of hydrogen-bond donors (Lipinski definition) is 2. The SMILES string of the molecule is Cn1ccnc1C(NN)c1ccc(Br)c(F)c1. The molecule has 4 nitrogen and oxygen atoms in total. The summed E-state index contributed by atoms with van der Waals surface area (Å²) in [4.78, 5) is 4.20. The molecule has 0 aliphatic heterocycles. The number of aryl methyl sites for hydroxylation is 1. The lowest BCUT2D eigenvalue weighted by Crippen LogP contribution is -2.30. The highest BCUT2D eigenvalue weighted by Gasteiger charge is 2.17. The van der Waals surface area contributed by atoms with E-state index in [-0.39, 0.29) is 11.9 Å². The lowest BCUT2D eigenvalue weighted by Gasteiger charge is -2.16. The highest BCUT2D eigenvalue weighted by atomic mass is 79.9. The maximum absolute atomic E-state index is 13.5. The van der Waals surface area contributed by atoms with Crippen LogP contribution < -0.4 is 11.3 Å². The third kappa shape index (κ3) is 2.38. The number of rotatable bonds is 3. The molecular formula is C11H12BrFN4. The molecule has 0 radical (unpaired) electrons. The van der Waals surface area contributed by atoms with E-state index < -0.39 is 0 Å². The molecule has 2 aromatic rings. The Bertz CT molecular complexity index is 526. The number of nitrogens with one attached hydrogen (secondary N) is 1. The third-order valence-corrected chi connectivity index (χ3v) is 3.20. The standard InChI is InChI=1S/C11H12BrFN4/c1-17-5-4-15-11(17)10(16-14)7-2-3-8(12)9(13)6-7/h2-6,10,16H,14H2,1H3. The monoisotopic (exact) mass is 298 g/mol. The molecule has 17 heavy (non-hydrogen) atoms. The van der Waals surface area contributed by atoms with Gasteiger partial charge in [-0.05, 0) is 33.6 Å². The molecule has 0 aliphatic rings. The molecular weight excluding hydrogens is 287 g/mol. The number of imidazole rings is 1. The molecule has 1 heterocycles. The van der Waals surface area contributed by atoms with Crippen LogP contribution in [0.4, 0.5) is 4.39 Å². The molecule has 1 atom stereocenters. The second-order valence-electron chi connectivity index (χ2n) is 3.67. The second-order valence-corrected chi connectivity index (χ2v) is 4.52. The first-order chi connectivity index (χ1) is 8.13. The molecule has 0 spiro atoms. The van der Waals surface area contributed by atoms with Gasteiger partial charge in [0.05, 0.1) is 4.47 Å².